The van der Waals surface area contributed by atoms with E-state index < -0.39 is 32.8 Å². The zero-order valence-electron chi connectivity index (χ0n) is 12.5. The second kappa shape index (κ2) is 5.73. The van der Waals surface area contributed by atoms with Gasteiger partial charge in [-0.15, -0.1) is 0 Å². The quantitative estimate of drug-likeness (QED) is 0.842. The maximum absolute atomic E-state index is 12.8. The largest absolute Gasteiger partial charge is 0.481 e. The third-order valence-corrected chi connectivity index (χ3v) is 5.31. The average molecular weight is 317 g/mol. The lowest BCUT2D eigenvalue weighted by molar-refractivity contribution is -0.150. The monoisotopic (exact) mass is 317 g/mol. The second-order valence-corrected chi connectivity index (χ2v) is 7.77. The van der Waals surface area contributed by atoms with Crippen LogP contribution in [0.2, 0.25) is 0 Å². The van der Waals surface area contributed by atoms with Gasteiger partial charge in [-0.3, -0.25) is 4.79 Å². The van der Waals surface area contributed by atoms with Crippen LogP contribution in [-0.4, -0.2) is 25.0 Å². The topological polar surface area (TPSA) is 83.5 Å². The van der Waals surface area contributed by atoms with Crippen molar-refractivity contribution in [2.45, 2.75) is 39.0 Å². The lowest BCUT2D eigenvalue weighted by Crippen LogP contribution is -2.57. The molecule has 0 fully saturated rings. The van der Waals surface area contributed by atoms with Crippen molar-refractivity contribution in [2.24, 2.45) is 5.41 Å². The highest BCUT2D eigenvalue weighted by molar-refractivity contribution is 7.88. The summed E-state index contributed by atoms with van der Waals surface area (Å²) in [6, 6.07) is 5.11. The van der Waals surface area contributed by atoms with Gasteiger partial charge in [0.05, 0.1) is 11.2 Å². The van der Waals surface area contributed by atoms with Gasteiger partial charge in [0, 0.05) is 5.54 Å². The summed E-state index contributed by atoms with van der Waals surface area (Å²) >= 11 is 0. The molecule has 0 aliphatic rings. The van der Waals surface area contributed by atoms with E-state index in [1.165, 1.54) is 52.0 Å². The number of carboxylic acids is 1. The number of hydrogen-bond donors (Lipinski definition) is 2. The first-order valence-electron chi connectivity index (χ1n) is 6.37. The summed E-state index contributed by atoms with van der Waals surface area (Å²) < 4.78 is 39.6. The fourth-order valence-electron chi connectivity index (χ4n) is 1.62. The van der Waals surface area contributed by atoms with Gasteiger partial charge in [-0.25, -0.2) is 17.5 Å². The van der Waals surface area contributed by atoms with E-state index in [2.05, 4.69) is 4.72 Å². The molecule has 0 spiro atoms. The van der Waals surface area contributed by atoms with Gasteiger partial charge in [0.25, 0.3) is 0 Å². The van der Waals surface area contributed by atoms with Crippen LogP contribution in [0.1, 0.15) is 33.3 Å². The molecule has 0 radical (unpaired) electrons. The van der Waals surface area contributed by atoms with Gasteiger partial charge in [0.2, 0.25) is 10.0 Å². The molecular formula is C14H20FNO4S. The van der Waals surface area contributed by atoms with E-state index in [-0.39, 0.29) is 5.75 Å². The van der Waals surface area contributed by atoms with Gasteiger partial charge in [0.15, 0.2) is 0 Å². The highest BCUT2D eigenvalue weighted by Gasteiger charge is 2.45. The third kappa shape index (κ3) is 4.25. The number of rotatable bonds is 6. The van der Waals surface area contributed by atoms with Gasteiger partial charge in [-0.2, -0.15) is 0 Å². The number of sulfonamides is 1. The Bertz CT molecular complexity index is 621. The van der Waals surface area contributed by atoms with Crippen LogP contribution in [0.4, 0.5) is 4.39 Å². The predicted octanol–water partition coefficient (Wildman–Crippen LogP) is 2.13. The number of aliphatic carboxylic acids is 1. The molecule has 0 aromatic heterocycles. The second-order valence-electron chi connectivity index (χ2n) is 6.04. The number of nitrogens with one attached hydrogen (secondary N) is 1. The maximum atomic E-state index is 12.8. The Balaban J connectivity index is 2.94. The van der Waals surface area contributed by atoms with Crippen LogP contribution in [0.25, 0.3) is 0 Å². The zero-order valence-corrected chi connectivity index (χ0v) is 13.3. The molecule has 0 unspecified atom stereocenters. The summed E-state index contributed by atoms with van der Waals surface area (Å²) in [6.07, 6.45) is 0. The number of carbonyl (C=O) groups is 1. The van der Waals surface area contributed by atoms with Crippen molar-refractivity contribution in [3.8, 4) is 0 Å². The number of halogens is 1. The minimum atomic E-state index is -3.76. The highest BCUT2D eigenvalue weighted by Crippen LogP contribution is 2.31. The van der Waals surface area contributed by atoms with Crippen LogP contribution in [-0.2, 0) is 20.6 Å². The third-order valence-electron chi connectivity index (χ3n) is 3.78. The fourth-order valence-corrected chi connectivity index (χ4v) is 3.36. The summed E-state index contributed by atoms with van der Waals surface area (Å²) in [4.78, 5) is 11.3. The Morgan fingerprint density at radius 3 is 2.10 bits per heavy atom. The number of carboxylic acid groups (broad SMARTS) is 1. The molecule has 0 aliphatic carbocycles. The van der Waals surface area contributed by atoms with Crippen LogP contribution in [0.3, 0.4) is 0 Å². The smallest absolute Gasteiger partial charge is 0.310 e. The summed E-state index contributed by atoms with van der Waals surface area (Å²) in [5, 5.41) is 9.22. The molecule has 0 amide bonds. The van der Waals surface area contributed by atoms with Gasteiger partial charge < -0.3 is 5.11 Å². The van der Waals surface area contributed by atoms with Crippen LogP contribution < -0.4 is 4.72 Å². The lowest BCUT2D eigenvalue weighted by Gasteiger charge is -2.38. The molecule has 7 heteroatoms. The number of hydrogen-bond acceptors (Lipinski definition) is 3. The van der Waals surface area contributed by atoms with Gasteiger partial charge in [0.1, 0.15) is 5.82 Å². The molecule has 1 rings (SSSR count). The van der Waals surface area contributed by atoms with Crippen molar-refractivity contribution < 1.29 is 22.7 Å². The summed E-state index contributed by atoms with van der Waals surface area (Å²) in [7, 11) is -3.76. The van der Waals surface area contributed by atoms with Gasteiger partial charge in [-0.1, -0.05) is 12.1 Å². The average Bonchev–Trinajstić information content (AvgIpc) is 2.30. The zero-order chi connectivity index (χ0) is 16.5. The molecule has 2 N–H and O–H groups in total. The first-order chi connectivity index (χ1) is 9.37. The number of benzene rings is 1. The van der Waals surface area contributed by atoms with Crippen molar-refractivity contribution >= 4 is 16.0 Å². The Morgan fingerprint density at radius 1 is 1.19 bits per heavy atom. The van der Waals surface area contributed by atoms with Crippen LogP contribution in [0.5, 0.6) is 0 Å². The minimum absolute atomic E-state index is 0.341. The Morgan fingerprint density at radius 2 is 1.67 bits per heavy atom. The minimum Gasteiger partial charge on any atom is -0.481 e. The standard InChI is InChI=1S/C14H20FNO4S/c1-13(2,12(17)18)14(3,4)16-21(19,20)9-10-5-7-11(15)8-6-10/h5-8,16H,9H2,1-4H3,(H,17,18). The lowest BCUT2D eigenvalue weighted by atomic mass is 9.75. The van der Waals surface area contributed by atoms with E-state index >= 15 is 0 Å². The molecule has 0 aliphatic heterocycles. The van der Waals surface area contributed by atoms with E-state index in [1.807, 2.05) is 0 Å². The van der Waals surface area contributed by atoms with Crippen molar-refractivity contribution in [1.29, 1.82) is 0 Å². The fraction of sp³-hybridized carbons (Fsp3) is 0.500. The molecule has 1 aromatic rings. The SMILES string of the molecule is CC(C)(NS(=O)(=O)Cc1ccc(F)cc1)C(C)(C)C(=O)O. The Kier molecular flexibility index (Phi) is 4.80. The predicted molar refractivity (Wildman–Crippen MR) is 77.7 cm³/mol. The highest BCUT2D eigenvalue weighted by atomic mass is 32.2. The van der Waals surface area contributed by atoms with Crippen molar-refractivity contribution in [1.82, 2.24) is 4.72 Å². The first-order valence-corrected chi connectivity index (χ1v) is 8.02. The molecular weight excluding hydrogens is 297 g/mol. The summed E-state index contributed by atoms with van der Waals surface area (Å²) in [6.45, 7) is 5.94. The van der Waals surface area contributed by atoms with E-state index in [0.29, 0.717) is 5.56 Å². The van der Waals surface area contributed by atoms with E-state index in [9.17, 15) is 22.7 Å². The van der Waals surface area contributed by atoms with Crippen molar-refractivity contribution in [3.63, 3.8) is 0 Å². The molecule has 0 saturated carbocycles. The molecule has 0 heterocycles. The normalized spacial score (nSPS) is 13.2. The van der Waals surface area contributed by atoms with Crippen molar-refractivity contribution in [3.05, 3.63) is 35.6 Å². The Hall–Kier alpha value is -1.47. The molecule has 1 aromatic carbocycles. The molecule has 0 bridgehead atoms. The van der Waals surface area contributed by atoms with Gasteiger partial charge >= 0.3 is 5.97 Å². The maximum Gasteiger partial charge on any atom is 0.310 e. The van der Waals surface area contributed by atoms with Crippen LogP contribution in [0, 0.1) is 11.2 Å². The first kappa shape index (κ1) is 17.6. The van der Waals surface area contributed by atoms with E-state index in [0.717, 1.165) is 0 Å². The molecule has 21 heavy (non-hydrogen) atoms. The molecule has 0 atom stereocenters. The van der Waals surface area contributed by atoms with Crippen molar-refractivity contribution in [2.75, 3.05) is 0 Å². The van der Waals surface area contributed by atoms with Crippen LogP contribution >= 0.6 is 0 Å². The summed E-state index contributed by atoms with van der Waals surface area (Å²) in [5.41, 5.74) is -2.05. The molecule has 118 valence electrons. The molecule has 5 nitrogen and oxygen atoms in total. The van der Waals surface area contributed by atoms with E-state index in [4.69, 9.17) is 0 Å². The van der Waals surface area contributed by atoms with Crippen LogP contribution in [0.15, 0.2) is 24.3 Å². The van der Waals surface area contributed by atoms with E-state index in [1.54, 1.807) is 0 Å². The molecule has 0 saturated heterocycles. The van der Waals surface area contributed by atoms with Gasteiger partial charge in [-0.05, 0) is 45.4 Å². The Labute approximate surface area is 124 Å². The summed E-state index contributed by atoms with van der Waals surface area (Å²) in [5.74, 6) is -1.89.